The number of hydrogen-bond donors (Lipinski definition) is 3. The third-order valence-corrected chi connectivity index (χ3v) is 2.34. The molecule has 0 bridgehead atoms. The highest BCUT2D eigenvalue weighted by atomic mass is 15.1. The van der Waals surface area contributed by atoms with E-state index < -0.39 is 0 Å². The van der Waals surface area contributed by atoms with Gasteiger partial charge < -0.3 is 16.0 Å². The van der Waals surface area contributed by atoms with E-state index >= 15 is 0 Å². The van der Waals surface area contributed by atoms with Gasteiger partial charge in [-0.2, -0.15) is 9.97 Å². The Labute approximate surface area is 99.1 Å². The number of unbranched alkanes of at least 4 members (excludes halogenated alkanes) is 2. The fourth-order valence-corrected chi connectivity index (χ4v) is 1.54. The molecular weight excluding hydrogens is 216 g/mol. The van der Waals surface area contributed by atoms with Crippen molar-refractivity contribution < 1.29 is 0 Å². The van der Waals surface area contributed by atoms with Gasteiger partial charge in [-0.05, 0) is 12.8 Å². The van der Waals surface area contributed by atoms with E-state index in [9.17, 15) is 0 Å². The molecule has 0 saturated heterocycles. The molecule has 88 valence electrons. The third-order valence-electron chi connectivity index (χ3n) is 2.34. The highest BCUT2D eigenvalue weighted by Gasteiger charge is 2.07. The highest BCUT2D eigenvalue weighted by molar-refractivity contribution is 5.83. The molecule has 0 fully saturated rings. The minimum Gasteiger partial charge on any atom is -0.368 e. The molecule has 0 unspecified atom stereocenters. The number of terminal acetylenes is 1. The number of nitrogens with one attached hydrogen (secondary N) is 2. The average Bonchev–Trinajstić information content (AvgIpc) is 2.76. The summed E-state index contributed by atoms with van der Waals surface area (Å²) in [6.07, 6.45) is 9.54. The largest absolute Gasteiger partial charge is 0.368 e. The molecule has 2 rings (SSSR count). The molecule has 2 aromatic rings. The highest BCUT2D eigenvalue weighted by Crippen LogP contribution is 2.17. The SMILES string of the molecule is C#CCCCCNc1nc(N)nc2nc[nH]c12. The summed E-state index contributed by atoms with van der Waals surface area (Å²) in [7, 11) is 0. The van der Waals surface area contributed by atoms with Gasteiger partial charge in [0.05, 0.1) is 6.33 Å². The minimum absolute atomic E-state index is 0.218. The molecule has 0 aliphatic carbocycles. The van der Waals surface area contributed by atoms with Crippen LogP contribution in [0.15, 0.2) is 6.33 Å². The molecule has 2 aromatic heterocycles. The van der Waals surface area contributed by atoms with Crippen LogP contribution in [-0.2, 0) is 0 Å². The van der Waals surface area contributed by atoms with Crippen molar-refractivity contribution in [1.82, 2.24) is 19.9 Å². The summed E-state index contributed by atoms with van der Waals surface area (Å²) in [5.74, 6) is 3.52. The van der Waals surface area contributed by atoms with Crippen molar-refractivity contribution in [1.29, 1.82) is 0 Å². The molecule has 0 saturated carbocycles. The zero-order chi connectivity index (χ0) is 12.1. The van der Waals surface area contributed by atoms with Gasteiger partial charge in [0.2, 0.25) is 5.95 Å². The Kier molecular flexibility index (Phi) is 3.40. The number of nitrogen functional groups attached to an aromatic ring is 1. The van der Waals surface area contributed by atoms with Gasteiger partial charge in [0, 0.05) is 13.0 Å². The van der Waals surface area contributed by atoms with Crippen molar-refractivity contribution in [3.05, 3.63) is 6.33 Å². The first-order valence-electron chi connectivity index (χ1n) is 5.45. The lowest BCUT2D eigenvalue weighted by atomic mass is 10.2. The molecule has 4 N–H and O–H groups in total. The van der Waals surface area contributed by atoms with Crippen molar-refractivity contribution in [3.8, 4) is 12.3 Å². The van der Waals surface area contributed by atoms with Crippen LogP contribution in [0.5, 0.6) is 0 Å². The molecule has 17 heavy (non-hydrogen) atoms. The molecule has 0 spiro atoms. The maximum absolute atomic E-state index is 5.59. The second kappa shape index (κ2) is 5.16. The fraction of sp³-hybridized carbons (Fsp3) is 0.364. The molecule has 0 aliphatic rings. The van der Waals surface area contributed by atoms with Crippen LogP contribution in [0, 0.1) is 12.3 Å². The lowest BCUT2D eigenvalue weighted by Gasteiger charge is -2.05. The molecular formula is C11H14N6. The zero-order valence-electron chi connectivity index (χ0n) is 9.40. The van der Waals surface area contributed by atoms with Crippen molar-refractivity contribution in [2.75, 3.05) is 17.6 Å². The van der Waals surface area contributed by atoms with E-state index in [1.165, 1.54) is 0 Å². The van der Waals surface area contributed by atoms with E-state index in [2.05, 4.69) is 31.2 Å². The van der Waals surface area contributed by atoms with Gasteiger partial charge >= 0.3 is 0 Å². The van der Waals surface area contributed by atoms with Crippen LogP contribution in [0.25, 0.3) is 11.2 Å². The predicted molar refractivity (Wildman–Crippen MR) is 67.3 cm³/mol. The van der Waals surface area contributed by atoms with E-state index in [1.54, 1.807) is 6.33 Å². The zero-order valence-corrected chi connectivity index (χ0v) is 9.40. The first-order chi connectivity index (χ1) is 8.31. The summed E-state index contributed by atoms with van der Waals surface area (Å²) >= 11 is 0. The van der Waals surface area contributed by atoms with E-state index in [4.69, 9.17) is 12.2 Å². The number of hydrogen-bond acceptors (Lipinski definition) is 5. The number of anilines is 2. The summed E-state index contributed by atoms with van der Waals surface area (Å²) in [5, 5.41) is 3.20. The molecule has 0 aliphatic heterocycles. The first kappa shape index (κ1) is 11.2. The summed E-state index contributed by atoms with van der Waals surface area (Å²) in [6, 6.07) is 0. The second-order valence-electron chi connectivity index (χ2n) is 3.62. The molecule has 0 amide bonds. The van der Waals surface area contributed by atoms with Crippen molar-refractivity contribution in [2.24, 2.45) is 0 Å². The maximum atomic E-state index is 5.59. The lowest BCUT2D eigenvalue weighted by Crippen LogP contribution is -2.06. The molecule has 0 atom stereocenters. The lowest BCUT2D eigenvalue weighted by molar-refractivity contribution is 0.788. The number of imidazole rings is 1. The summed E-state index contributed by atoms with van der Waals surface area (Å²) < 4.78 is 0. The van der Waals surface area contributed by atoms with Gasteiger partial charge in [0.15, 0.2) is 11.5 Å². The number of fused-ring (bicyclic) bond motifs is 1. The van der Waals surface area contributed by atoms with Crippen LogP contribution in [0.1, 0.15) is 19.3 Å². The van der Waals surface area contributed by atoms with Crippen molar-refractivity contribution in [3.63, 3.8) is 0 Å². The van der Waals surface area contributed by atoms with Crippen LogP contribution in [0.2, 0.25) is 0 Å². The van der Waals surface area contributed by atoms with E-state index in [0.29, 0.717) is 11.5 Å². The van der Waals surface area contributed by atoms with Gasteiger partial charge in [-0.1, -0.05) is 0 Å². The Morgan fingerprint density at radius 1 is 1.41 bits per heavy atom. The number of aromatic amines is 1. The average molecular weight is 230 g/mol. The van der Waals surface area contributed by atoms with Gasteiger partial charge in [-0.3, -0.25) is 0 Å². The third kappa shape index (κ3) is 2.64. The van der Waals surface area contributed by atoms with Crippen LogP contribution in [0.4, 0.5) is 11.8 Å². The Morgan fingerprint density at radius 2 is 2.29 bits per heavy atom. The monoisotopic (exact) mass is 230 g/mol. The van der Waals surface area contributed by atoms with Crippen molar-refractivity contribution >= 4 is 22.9 Å². The number of aromatic nitrogens is 4. The number of nitrogens with two attached hydrogens (primary N) is 1. The summed E-state index contributed by atoms with van der Waals surface area (Å²) in [5.41, 5.74) is 6.94. The number of nitrogens with zero attached hydrogens (tertiary/aromatic N) is 3. The normalized spacial score (nSPS) is 10.3. The Morgan fingerprint density at radius 3 is 3.12 bits per heavy atom. The predicted octanol–water partition coefficient (Wildman–Crippen LogP) is 1.15. The second-order valence-corrected chi connectivity index (χ2v) is 3.62. The standard InChI is InChI=1S/C11H14N6/c1-2-3-4-5-6-13-9-8-10(15-7-14-8)17-11(12)16-9/h1,7H,3-6H2,(H4,12,13,14,15,16,17). The molecule has 2 heterocycles. The number of rotatable bonds is 5. The van der Waals surface area contributed by atoms with E-state index in [1.807, 2.05) is 0 Å². The topological polar surface area (TPSA) is 92.5 Å². The van der Waals surface area contributed by atoms with E-state index in [-0.39, 0.29) is 5.95 Å². The summed E-state index contributed by atoms with van der Waals surface area (Å²) in [4.78, 5) is 15.2. The Hall–Kier alpha value is -2.29. The Balaban J connectivity index is 2.03. The summed E-state index contributed by atoms with van der Waals surface area (Å²) in [6.45, 7) is 0.798. The molecule has 6 heteroatoms. The number of H-pyrrole nitrogens is 1. The Bertz CT molecular complexity index is 538. The molecule has 0 aromatic carbocycles. The van der Waals surface area contributed by atoms with Crippen LogP contribution in [-0.4, -0.2) is 26.5 Å². The van der Waals surface area contributed by atoms with Crippen LogP contribution < -0.4 is 11.1 Å². The van der Waals surface area contributed by atoms with Gasteiger partial charge in [0.1, 0.15) is 5.52 Å². The quantitative estimate of drug-likeness (QED) is 0.529. The van der Waals surface area contributed by atoms with Crippen LogP contribution >= 0.6 is 0 Å². The smallest absolute Gasteiger partial charge is 0.224 e. The van der Waals surface area contributed by atoms with Crippen molar-refractivity contribution in [2.45, 2.75) is 19.3 Å². The first-order valence-corrected chi connectivity index (χ1v) is 5.45. The molecule has 0 radical (unpaired) electrons. The molecule has 6 nitrogen and oxygen atoms in total. The minimum atomic E-state index is 0.218. The van der Waals surface area contributed by atoms with Gasteiger partial charge in [-0.25, -0.2) is 4.98 Å². The maximum Gasteiger partial charge on any atom is 0.224 e. The fourth-order valence-electron chi connectivity index (χ4n) is 1.54. The van der Waals surface area contributed by atoms with E-state index in [0.717, 1.165) is 31.3 Å². The van der Waals surface area contributed by atoms with Gasteiger partial charge in [-0.15, -0.1) is 12.3 Å². The van der Waals surface area contributed by atoms with Gasteiger partial charge in [0.25, 0.3) is 0 Å². The van der Waals surface area contributed by atoms with Crippen LogP contribution in [0.3, 0.4) is 0 Å².